The quantitative estimate of drug-likeness (QED) is 0.0626. The number of fused-ring (bicyclic) bond motifs is 1. The molecule has 2 saturated heterocycles. The number of nitrogen functional groups attached to an aromatic ring is 1. The number of rotatable bonds is 13. The first kappa shape index (κ1) is 36.4. The molecule has 2 aliphatic heterocycles. The summed E-state index contributed by atoms with van der Waals surface area (Å²) in [5.74, 6) is -0.848. The van der Waals surface area contributed by atoms with E-state index in [0.717, 1.165) is 17.2 Å². The van der Waals surface area contributed by atoms with Gasteiger partial charge >= 0.3 is 23.5 Å². The fraction of sp³-hybridized carbons (Fsp3) is 0.476. The summed E-state index contributed by atoms with van der Waals surface area (Å²) in [5, 5.41) is 31.5. The SMILES string of the molecule is NC(=O)c1ccc[n+]([C@@H]2O[C@H](COP(=O)(O)OP(=O)(O)OC[C@H]3O[C@@H](n4cnc5c(N)ncnc54)C(OP(=O)(O)O)C3O)C(O)C2O)c1. The number of phosphoric ester groups is 3. The molecule has 11 N–H and O–H groups in total. The van der Waals surface area contributed by atoms with Gasteiger partial charge in [-0.25, -0.2) is 28.6 Å². The maximum absolute atomic E-state index is 12.6. The van der Waals surface area contributed by atoms with Crippen molar-refractivity contribution in [2.45, 2.75) is 49.1 Å². The van der Waals surface area contributed by atoms with Gasteiger partial charge in [0.2, 0.25) is 0 Å². The predicted octanol–water partition coefficient (Wildman–Crippen LogP) is -2.90. The third-order valence-corrected chi connectivity index (χ3v) is 10.1. The molecule has 48 heavy (non-hydrogen) atoms. The number of aromatic nitrogens is 5. The minimum Gasteiger partial charge on any atom is -0.387 e. The Morgan fingerprint density at radius 3 is 2.23 bits per heavy atom. The summed E-state index contributed by atoms with van der Waals surface area (Å²) in [5.41, 5.74) is 11.1. The van der Waals surface area contributed by atoms with Crippen LogP contribution in [-0.2, 0) is 41.1 Å². The van der Waals surface area contributed by atoms with Crippen LogP contribution in [0.15, 0.2) is 37.2 Å². The van der Waals surface area contributed by atoms with Crippen molar-refractivity contribution in [3.05, 3.63) is 42.7 Å². The number of carbonyl (C=O) groups is 1. The van der Waals surface area contributed by atoms with Crippen LogP contribution in [0.5, 0.6) is 0 Å². The molecule has 3 aromatic heterocycles. The number of ether oxygens (including phenoxy) is 2. The number of imidazole rings is 1. The van der Waals surface area contributed by atoms with E-state index in [1.807, 2.05) is 0 Å². The zero-order valence-corrected chi connectivity index (χ0v) is 26.6. The Kier molecular flexibility index (Phi) is 10.5. The van der Waals surface area contributed by atoms with Crippen molar-refractivity contribution in [3.63, 3.8) is 0 Å². The zero-order valence-electron chi connectivity index (χ0n) is 23.9. The number of hydrogen-bond donors (Lipinski definition) is 9. The summed E-state index contributed by atoms with van der Waals surface area (Å²) >= 11 is 0. The fourth-order valence-electron chi connectivity index (χ4n) is 4.83. The van der Waals surface area contributed by atoms with Gasteiger partial charge in [-0.2, -0.15) is 8.88 Å². The molecular weight excluding hydrogens is 715 g/mol. The van der Waals surface area contributed by atoms with Crippen LogP contribution < -0.4 is 16.0 Å². The molecule has 0 radical (unpaired) electrons. The highest BCUT2D eigenvalue weighted by atomic mass is 31.3. The van der Waals surface area contributed by atoms with Crippen LogP contribution in [0.2, 0.25) is 0 Å². The van der Waals surface area contributed by atoms with Crippen molar-refractivity contribution in [2.24, 2.45) is 5.73 Å². The van der Waals surface area contributed by atoms with Gasteiger partial charge in [0, 0.05) is 6.07 Å². The number of pyridine rings is 1. The van der Waals surface area contributed by atoms with Crippen LogP contribution in [-0.4, -0.2) is 110 Å². The number of nitrogens with zero attached hydrogens (tertiary/aromatic N) is 5. The van der Waals surface area contributed by atoms with Gasteiger partial charge in [-0.1, -0.05) is 0 Å². The number of anilines is 1. The Morgan fingerprint density at radius 2 is 1.60 bits per heavy atom. The Bertz CT molecular complexity index is 1810. The molecule has 5 rings (SSSR count). The zero-order chi connectivity index (χ0) is 35.2. The number of hydrogen-bond acceptors (Lipinski definition) is 17. The number of aliphatic hydroxyl groups excluding tert-OH is 3. The van der Waals surface area contributed by atoms with Gasteiger partial charge in [0.1, 0.15) is 47.9 Å². The first-order chi connectivity index (χ1) is 22.4. The van der Waals surface area contributed by atoms with Crippen LogP contribution in [0, 0.1) is 0 Å². The molecule has 0 bridgehead atoms. The summed E-state index contributed by atoms with van der Waals surface area (Å²) < 4.78 is 68.4. The summed E-state index contributed by atoms with van der Waals surface area (Å²) in [6, 6.07) is 2.79. The van der Waals surface area contributed by atoms with Crippen molar-refractivity contribution in [1.29, 1.82) is 0 Å². The predicted molar refractivity (Wildman–Crippen MR) is 150 cm³/mol. The summed E-state index contributed by atoms with van der Waals surface area (Å²) in [6.45, 7) is -2.03. The number of phosphoric acid groups is 3. The highest BCUT2D eigenvalue weighted by Gasteiger charge is 2.51. The summed E-state index contributed by atoms with van der Waals surface area (Å²) in [4.78, 5) is 62.2. The standard InChI is InChI=1S/C21H28N7O17P3/c22-17-12-19(25-7-24-17)28(8-26-12)21-16(44-46(33,34)35)14(30)11(43-21)6-41-48(38,39)45-47(36,37)40-5-10-13(29)15(31)20(42-10)27-3-1-2-9(4-27)18(23)32/h1-4,7-8,10-11,13-16,20-21,29-31H,5-6H2,(H7-,22,23,24,25,32,33,34,35,36,37,38,39)/p+1/t10-,11-,13?,14?,15?,16?,20-,21-/m1/s1. The van der Waals surface area contributed by atoms with Gasteiger partial charge in [0.05, 0.1) is 19.5 Å². The summed E-state index contributed by atoms with van der Waals surface area (Å²) in [6.07, 6.45) is -8.39. The lowest BCUT2D eigenvalue weighted by molar-refractivity contribution is -0.765. The normalized spacial score (nSPS) is 30.3. The van der Waals surface area contributed by atoms with Crippen molar-refractivity contribution in [2.75, 3.05) is 18.9 Å². The first-order valence-corrected chi connectivity index (χ1v) is 17.9. The molecule has 0 spiro atoms. The molecule has 0 saturated carbocycles. The third-order valence-electron chi connectivity index (χ3n) is 6.98. The Hall–Kier alpha value is -2.86. The minimum absolute atomic E-state index is 0.00286. The smallest absolute Gasteiger partial charge is 0.387 e. The van der Waals surface area contributed by atoms with Crippen molar-refractivity contribution >= 4 is 46.4 Å². The van der Waals surface area contributed by atoms with Crippen LogP contribution in [0.25, 0.3) is 11.2 Å². The van der Waals surface area contributed by atoms with E-state index in [4.69, 9.17) is 30.0 Å². The second kappa shape index (κ2) is 13.8. The number of nitrogens with two attached hydrogens (primary N) is 2. The molecule has 3 aromatic rings. The van der Waals surface area contributed by atoms with Crippen LogP contribution in [0.1, 0.15) is 22.8 Å². The van der Waals surface area contributed by atoms with Crippen molar-refractivity contribution in [3.8, 4) is 0 Å². The molecule has 6 unspecified atom stereocenters. The van der Waals surface area contributed by atoms with E-state index in [9.17, 15) is 53.4 Å². The molecule has 2 aliphatic rings. The molecule has 24 nitrogen and oxygen atoms in total. The van der Waals surface area contributed by atoms with E-state index in [1.165, 1.54) is 29.1 Å². The Morgan fingerprint density at radius 1 is 0.958 bits per heavy atom. The van der Waals surface area contributed by atoms with Crippen LogP contribution in [0.4, 0.5) is 5.82 Å². The Labute approximate surface area is 267 Å². The minimum atomic E-state index is -5.52. The monoisotopic (exact) mass is 744 g/mol. The molecule has 264 valence electrons. The largest absolute Gasteiger partial charge is 0.481 e. The average molecular weight is 744 g/mol. The first-order valence-electron chi connectivity index (χ1n) is 13.3. The van der Waals surface area contributed by atoms with Crippen LogP contribution >= 0.6 is 23.5 Å². The fourth-order valence-corrected chi connectivity index (χ4v) is 7.47. The molecule has 10 atom stereocenters. The van der Waals surface area contributed by atoms with Gasteiger partial charge < -0.3 is 55.8 Å². The maximum atomic E-state index is 12.6. The third kappa shape index (κ3) is 8.12. The van der Waals surface area contributed by atoms with Crippen molar-refractivity contribution in [1.82, 2.24) is 19.5 Å². The second-order valence-electron chi connectivity index (χ2n) is 10.3. The maximum Gasteiger partial charge on any atom is 0.481 e. The molecule has 2 fully saturated rings. The number of primary amides is 1. The second-order valence-corrected chi connectivity index (χ2v) is 14.5. The average Bonchev–Trinajstić information content (AvgIpc) is 3.64. The van der Waals surface area contributed by atoms with E-state index in [-0.39, 0.29) is 22.5 Å². The van der Waals surface area contributed by atoms with Gasteiger partial charge in [-0.3, -0.25) is 22.9 Å². The highest BCUT2D eigenvalue weighted by Crippen LogP contribution is 2.61. The van der Waals surface area contributed by atoms with E-state index in [1.54, 1.807) is 0 Å². The lowest BCUT2D eigenvalue weighted by atomic mass is 10.1. The molecular formula is C21H29N7O17P3+. The number of carbonyl (C=O) groups excluding carboxylic acids is 1. The van der Waals surface area contributed by atoms with Gasteiger partial charge in [-0.05, 0) is 6.07 Å². The topological polar surface area (TPSA) is 365 Å². The van der Waals surface area contributed by atoms with Gasteiger partial charge in [-0.15, -0.1) is 0 Å². The molecule has 1 amide bonds. The molecule has 27 heteroatoms. The van der Waals surface area contributed by atoms with E-state index < -0.39 is 91.7 Å². The van der Waals surface area contributed by atoms with Crippen molar-refractivity contribution < 1.29 is 85.3 Å². The van der Waals surface area contributed by atoms with E-state index >= 15 is 0 Å². The van der Waals surface area contributed by atoms with E-state index in [0.29, 0.717) is 0 Å². The van der Waals surface area contributed by atoms with Gasteiger partial charge in [0.15, 0.2) is 36.2 Å². The van der Waals surface area contributed by atoms with Gasteiger partial charge in [0.25, 0.3) is 12.1 Å². The molecule has 0 aliphatic carbocycles. The lowest BCUT2D eigenvalue weighted by Gasteiger charge is -2.22. The summed E-state index contributed by atoms with van der Waals surface area (Å²) in [7, 11) is -16.3. The molecule has 0 aromatic carbocycles. The number of aliphatic hydroxyl groups is 3. The van der Waals surface area contributed by atoms with E-state index in [2.05, 4.69) is 23.8 Å². The Balaban J connectivity index is 1.21. The van der Waals surface area contributed by atoms with Crippen LogP contribution in [0.3, 0.4) is 0 Å². The highest BCUT2D eigenvalue weighted by molar-refractivity contribution is 7.61. The molecule has 5 heterocycles. The lowest BCUT2D eigenvalue weighted by Crippen LogP contribution is -2.46. The number of amides is 1.